The molecule has 0 aromatic heterocycles. The average Bonchev–Trinajstić information content (AvgIpc) is 2.10. The fourth-order valence-electron chi connectivity index (χ4n) is 1.03. The molecule has 0 heterocycles. The summed E-state index contributed by atoms with van der Waals surface area (Å²) in [5, 5.41) is 2.73. The Morgan fingerprint density at radius 2 is 2.23 bits per heavy atom. The summed E-state index contributed by atoms with van der Waals surface area (Å²) in [4.78, 5) is 11.3. The summed E-state index contributed by atoms with van der Waals surface area (Å²) >= 11 is 0. The summed E-state index contributed by atoms with van der Waals surface area (Å²) in [6.07, 6.45) is 0. The van der Waals surface area contributed by atoms with Crippen LogP contribution in [0.2, 0.25) is 0 Å². The Bertz CT molecular complexity index is 323. The molecule has 0 spiro atoms. The first-order valence-corrected chi connectivity index (χ1v) is 4.09. The standard InChI is InChI=1S/C10H12FNO/c1-7-3-4-8(5-9(7)11)10(13)6-12-2/h3-5,12H,6H2,1-2H3. The molecule has 0 unspecified atom stereocenters. The van der Waals surface area contributed by atoms with Crippen LogP contribution in [0.15, 0.2) is 18.2 Å². The SMILES string of the molecule is CNCC(=O)c1ccc(C)c(F)c1. The first-order valence-electron chi connectivity index (χ1n) is 4.09. The summed E-state index contributed by atoms with van der Waals surface area (Å²) in [5.74, 6) is -0.427. The molecule has 0 radical (unpaired) electrons. The molecular formula is C10H12FNO. The van der Waals surface area contributed by atoms with Gasteiger partial charge in [0.15, 0.2) is 5.78 Å². The Morgan fingerprint density at radius 1 is 1.54 bits per heavy atom. The van der Waals surface area contributed by atoms with Crippen molar-refractivity contribution in [3.05, 3.63) is 35.1 Å². The molecule has 70 valence electrons. The monoisotopic (exact) mass is 181 g/mol. The van der Waals surface area contributed by atoms with Crippen LogP contribution in [0.25, 0.3) is 0 Å². The molecule has 0 aliphatic carbocycles. The van der Waals surface area contributed by atoms with Crippen LogP contribution in [0, 0.1) is 12.7 Å². The number of halogens is 1. The van der Waals surface area contributed by atoms with Gasteiger partial charge >= 0.3 is 0 Å². The molecule has 1 rings (SSSR count). The molecule has 2 nitrogen and oxygen atoms in total. The fourth-order valence-corrected chi connectivity index (χ4v) is 1.03. The van der Waals surface area contributed by atoms with Gasteiger partial charge < -0.3 is 5.32 Å². The summed E-state index contributed by atoms with van der Waals surface area (Å²) < 4.78 is 13.0. The van der Waals surface area contributed by atoms with Crippen molar-refractivity contribution in [1.29, 1.82) is 0 Å². The number of ketones is 1. The van der Waals surface area contributed by atoms with Gasteiger partial charge in [0.25, 0.3) is 0 Å². The van der Waals surface area contributed by atoms with Crippen LogP contribution in [-0.4, -0.2) is 19.4 Å². The van der Waals surface area contributed by atoms with Crippen molar-refractivity contribution in [3.8, 4) is 0 Å². The van der Waals surface area contributed by atoms with E-state index in [-0.39, 0.29) is 18.1 Å². The van der Waals surface area contributed by atoms with Crippen LogP contribution in [0.1, 0.15) is 15.9 Å². The van der Waals surface area contributed by atoms with Crippen LogP contribution in [0.5, 0.6) is 0 Å². The van der Waals surface area contributed by atoms with Crippen molar-refractivity contribution in [2.24, 2.45) is 0 Å². The van der Waals surface area contributed by atoms with E-state index >= 15 is 0 Å². The number of nitrogens with one attached hydrogen (secondary N) is 1. The van der Waals surface area contributed by atoms with Crippen LogP contribution < -0.4 is 5.32 Å². The molecule has 1 aromatic rings. The van der Waals surface area contributed by atoms with Gasteiger partial charge in [-0.25, -0.2) is 4.39 Å². The van der Waals surface area contributed by atoms with Gasteiger partial charge in [0, 0.05) is 5.56 Å². The number of carbonyl (C=O) groups excluding carboxylic acids is 1. The third kappa shape index (κ3) is 2.36. The van der Waals surface area contributed by atoms with E-state index in [0.29, 0.717) is 11.1 Å². The Kier molecular flexibility index (Phi) is 3.14. The molecule has 0 bridgehead atoms. The summed E-state index contributed by atoms with van der Waals surface area (Å²) in [6, 6.07) is 4.52. The number of hydrogen-bond acceptors (Lipinski definition) is 2. The molecule has 0 saturated carbocycles. The zero-order chi connectivity index (χ0) is 9.84. The summed E-state index contributed by atoms with van der Waals surface area (Å²) in [7, 11) is 1.68. The van der Waals surface area contributed by atoms with Crippen molar-refractivity contribution in [2.45, 2.75) is 6.92 Å². The third-order valence-corrected chi connectivity index (χ3v) is 1.83. The predicted octanol–water partition coefficient (Wildman–Crippen LogP) is 1.54. The molecule has 0 saturated heterocycles. The minimum atomic E-state index is -0.332. The van der Waals surface area contributed by atoms with E-state index in [2.05, 4.69) is 5.32 Å². The lowest BCUT2D eigenvalue weighted by Crippen LogP contribution is -2.18. The lowest BCUT2D eigenvalue weighted by Gasteiger charge is -2.01. The number of Topliss-reactive ketones (excluding diaryl/α,β-unsaturated/α-hetero) is 1. The molecule has 0 aliphatic heterocycles. The van der Waals surface area contributed by atoms with Crippen molar-refractivity contribution in [3.63, 3.8) is 0 Å². The third-order valence-electron chi connectivity index (χ3n) is 1.83. The van der Waals surface area contributed by atoms with Gasteiger partial charge in [-0.2, -0.15) is 0 Å². The number of hydrogen-bond donors (Lipinski definition) is 1. The molecule has 1 N–H and O–H groups in total. The second kappa shape index (κ2) is 4.14. The van der Waals surface area contributed by atoms with Gasteiger partial charge in [-0.15, -0.1) is 0 Å². The zero-order valence-electron chi connectivity index (χ0n) is 7.73. The van der Waals surface area contributed by atoms with Gasteiger partial charge in [0.1, 0.15) is 5.82 Å². The smallest absolute Gasteiger partial charge is 0.176 e. The van der Waals surface area contributed by atoms with E-state index in [0.717, 1.165) is 0 Å². The van der Waals surface area contributed by atoms with E-state index in [1.54, 1.807) is 26.1 Å². The zero-order valence-corrected chi connectivity index (χ0v) is 7.73. The lowest BCUT2D eigenvalue weighted by molar-refractivity contribution is 0.0993. The Labute approximate surface area is 76.8 Å². The quantitative estimate of drug-likeness (QED) is 0.716. The highest BCUT2D eigenvalue weighted by atomic mass is 19.1. The average molecular weight is 181 g/mol. The topological polar surface area (TPSA) is 29.1 Å². The van der Waals surface area contributed by atoms with E-state index in [4.69, 9.17) is 0 Å². The van der Waals surface area contributed by atoms with Crippen LogP contribution >= 0.6 is 0 Å². The normalized spacial score (nSPS) is 10.1. The van der Waals surface area contributed by atoms with Crippen molar-refractivity contribution < 1.29 is 9.18 Å². The molecule has 0 fully saturated rings. The van der Waals surface area contributed by atoms with Crippen LogP contribution in [0.4, 0.5) is 4.39 Å². The second-order valence-electron chi connectivity index (χ2n) is 2.92. The number of aryl methyl sites for hydroxylation is 1. The summed E-state index contributed by atoms with van der Waals surface area (Å²) in [5.41, 5.74) is 0.971. The van der Waals surface area contributed by atoms with E-state index in [1.807, 2.05) is 0 Å². The Hall–Kier alpha value is -1.22. The maximum absolute atomic E-state index is 13.0. The molecular weight excluding hydrogens is 169 g/mol. The van der Waals surface area contributed by atoms with Crippen LogP contribution in [-0.2, 0) is 0 Å². The maximum Gasteiger partial charge on any atom is 0.176 e. The molecule has 0 amide bonds. The Morgan fingerprint density at radius 3 is 2.77 bits per heavy atom. The second-order valence-corrected chi connectivity index (χ2v) is 2.92. The highest BCUT2D eigenvalue weighted by molar-refractivity contribution is 5.97. The van der Waals surface area contributed by atoms with Crippen LogP contribution in [0.3, 0.4) is 0 Å². The molecule has 0 atom stereocenters. The number of likely N-dealkylation sites (N-methyl/N-ethyl adjacent to an activating group) is 1. The number of carbonyl (C=O) groups is 1. The Balaban J connectivity index is 2.90. The van der Waals surface area contributed by atoms with E-state index < -0.39 is 0 Å². The van der Waals surface area contributed by atoms with E-state index in [1.165, 1.54) is 6.07 Å². The van der Waals surface area contributed by atoms with Crippen molar-refractivity contribution >= 4 is 5.78 Å². The molecule has 1 aromatic carbocycles. The first kappa shape index (κ1) is 9.86. The van der Waals surface area contributed by atoms with Crippen molar-refractivity contribution in [2.75, 3.05) is 13.6 Å². The maximum atomic E-state index is 13.0. The highest BCUT2D eigenvalue weighted by Gasteiger charge is 2.06. The fraction of sp³-hybridized carbons (Fsp3) is 0.300. The molecule has 3 heteroatoms. The van der Waals surface area contributed by atoms with Gasteiger partial charge in [0.05, 0.1) is 6.54 Å². The number of benzene rings is 1. The van der Waals surface area contributed by atoms with Gasteiger partial charge in [-0.05, 0) is 25.6 Å². The largest absolute Gasteiger partial charge is 0.313 e. The van der Waals surface area contributed by atoms with E-state index in [9.17, 15) is 9.18 Å². The number of rotatable bonds is 3. The highest BCUT2D eigenvalue weighted by Crippen LogP contribution is 2.09. The van der Waals surface area contributed by atoms with Gasteiger partial charge in [-0.1, -0.05) is 12.1 Å². The van der Waals surface area contributed by atoms with Gasteiger partial charge in [0.2, 0.25) is 0 Å². The first-order chi connectivity index (χ1) is 6.15. The lowest BCUT2D eigenvalue weighted by atomic mass is 10.1. The molecule has 13 heavy (non-hydrogen) atoms. The summed E-state index contributed by atoms with van der Waals surface area (Å²) in [6.45, 7) is 1.91. The predicted molar refractivity (Wildman–Crippen MR) is 49.4 cm³/mol. The minimum absolute atomic E-state index is 0.0959. The molecule has 0 aliphatic rings. The van der Waals surface area contributed by atoms with Crippen molar-refractivity contribution in [1.82, 2.24) is 5.32 Å². The van der Waals surface area contributed by atoms with Gasteiger partial charge in [-0.3, -0.25) is 4.79 Å². The minimum Gasteiger partial charge on any atom is -0.313 e.